The molecule has 0 aromatic heterocycles. The highest BCUT2D eigenvalue weighted by atomic mass is 32.2. The van der Waals surface area contributed by atoms with Crippen molar-refractivity contribution in [2.24, 2.45) is 0 Å². The molecular weight excluding hydrogens is 259 g/mol. The first kappa shape index (κ1) is 12.3. The largest absolute Gasteiger partial charge is 0.416 e. The van der Waals surface area contributed by atoms with E-state index in [2.05, 4.69) is 8.91 Å². The maximum Gasteiger partial charge on any atom is 0.416 e. The highest BCUT2D eigenvalue weighted by molar-refractivity contribution is 7.84. The van der Waals surface area contributed by atoms with Crippen LogP contribution in [0.25, 0.3) is 0 Å². The highest BCUT2D eigenvalue weighted by Crippen LogP contribution is 2.30. The van der Waals surface area contributed by atoms with E-state index in [1.54, 1.807) is 0 Å². The Bertz CT molecular complexity index is 509. The number of hydrogen-bond acceptors (Lipinski definition) is 3. The maximum atomic E-state index is 12.3. The van der Waals surface area contributed by atoms with Crippen molar-refractivity contribution in [3.05, 3.63) is 35.4 Å². The van der Waals surface area contributed by atoms with Crippen molar-refractivity contribution in [1.29, 1.82) is 0 Å². The first-order valence-electron chi connectivity index (χ1n) is 4.62. The summed E-state index contributed by atoms with van der Waals surface area (Å²) < 4.78 is 65.3. The van der Waals surface area contributed by atoms with Gasteiger partial charge in [0, 0.05) is 0 Å². The Balaban J connectivity index is 2.20. The van der Waals surface area contributed by atoms with Crippen LogP contribution in [0.15, 0.2) is 24.3 Å². The van der Waals surface area contributed by atoms with Gasteiger partial charge in [-0.15, -0.1) is 0 Å². The van der Waals surface area contributed by atoms with Gasteiger partial charge in [0.15, 0.2) is 0 Å². The van der Waals surface area contributed by atoms with Crippen molar-refractivity contribution < 1.29 is 25.8 Å². The number of rotatable bonds is 1. The van der Waals surface area contributed by atoms with Gasteiger partial charge in [-0.3, -0.25) is 4.18 Å². The fourth-order valence-corrected chi connectivity index (χ4v) is 2.40. The van der Waals surface area contributed by atoms with E-state index in [0.717, 1.165) is 12.1 Å². The molecule has 1 aliphatic heterocycles. The summed E-state index contributed by atoms with van der Waals surface area (Å²) >= 11 is 0. The second kappa shape index (κ2) is 3.97. The molecule has 0 bridgehead atoms. The van der Waals surface area contributed by atoms with Crippen LogP contribution in [0.2, 0.25) is 0 Å². The zero-order chi connectivity index (χ0) is 12.7. The third kappa shape index (κ3) is 2.76. The van der Waals surface area contributed by atoms with Crippen LogP contribution in [-0.4, -0.2) is 15.0 Å². The fourth-order valence-electron chi connectivity index (χ4n) is 1.47. The van der Waals surface area contributed by atoms with Gasteiger partial charge < -0.3 is 0 Å². The van der Waals surface area contributed by atoms with E-state index < -0.39 is 28.1 Å². The molecule has 1 aliphatic rings. The summed E-state index contributed by atoms with van der Waals surface area (Å²) in [6.45, 7) is -0.117. The van der Waals surface area contributed by atoms with Crippen molar-refractivity contribution in [2.75, 3.05) is 6.61 Å². The molecular formula is C9H8F3NO3S. The smallest absolute Gasteiger partial charge is 0.256 e. The Morgan fingerprint density at radius 1 is 1.24 bits per heavy atom. The van der Waals surface area contributed by atoms with Crippen LogP contribution < -0.4 is 4.72 Å². The van der Waals surface area contributed by atoms with Gasteiger partial charge in [0.25, 0.3) is 0 Å². The maximum absolute atomic E-state index is 12.3. The lowest BCUT2D eigenvalue weighted by atomic mass is 10.1. The number of halogens is 3. The fraction of sp³-hybridized carbons (Fsp3) is 0.333. The Hall–Kier alpha value is -1.12. The minimum atomic E-state index is -4.40. The van der Waals surface area contributed by atoms with Crippen molar-refractivity contribution in [1.82, 2.24) is 4.72 Å². The molecule has 0 aliphatic carbocycles. The average Bonchev–Trinajstić information content (AvgIpc) is 2.58. The molecule has 2 rings (SSSR count). The molecule has 17 heavy (non-hydrogen) atoms. The lowest BCUT2D eigenvalue weighted by Gasteiger charge is -2.10. The number of hydrogen-bond donors (Lipinski definition) is 1. The Kier molecular flexibility index (Phi) is 2.88. The van der Waals surface area contributed by atoms with Crippen LogP contribution in [0.3, 0.4) is 0 Å². The SMILES string of the molecule is O=S1(=O)N[C@H](c2ccc(C(F)(F)F)cc2)CO1. The standard InChI is InChI=1S/C9H8F3NO3S/c10-9(11,12)7-3-1-6(2-4-7)8-5-16-17(14,15)13-8/h1-4,8,13H,5H2/t8-/m0/s1. The van der Waals surface area contributed by atoms with Crippen LogP contribution >= 0.6 is 0 Å². The molecule has 1 saturated heterocycles. The molecule has 1 heterocycles. The number of benzene rings is 1. The second-order valence-corrected chi connectivity index (χ2v) is 4.91. The Morgan fingerprint density at radius 3 is 2.24 bits per heavy atom. The molecule has 1 fully saturated rings. The molecule has 1 aromatic carbocycles. The summed E-state index contributed by atoms with van der Waals surface area (Å²) in [5, 5.41) is 0. The molecule has 0 radical (unpaired) electrons. The molecule has 4 nitrogen and oxygen atoms in total. The molecule has 1 N–H and O–H groups in total. The van der Waals surface area contributed by atoms with Crippen molar-refractivity contribution in [3.8, 4) is 0 Å². The summed E-state index contributed by atoms with van der Waals surface area (Å²) in [7, 11) is -3.75. The third-order valence-corrected chi connectivity index (χ3v) is 3.34. The van der Waals surface area contributed by atoms with Gasteiger partial charge in [-0.05, 0) is 17.7 Å². The molecule has 0 amide bonds. The second-order valence-electron chi connectivity index (χ2n) is 3.53. The summed E-state index contributed by atoms with van der Waals surface area (Å²) in [6, 6.07) is 3.63. The first-order chi connectivity index (χ1) is 7.78. The first-order valence-corrected chi connectivity index (χ1v) is 6.02. The lowest BCUT2D eigenvalue weighted by Crippen LogP contribution is -2.19. The molecule has 0 spiro atoms. The van der Waals surface area contributed by atoms with E-state index in [-0.39, 0.29) is 6.61 Å². The van der Waals surface area contributed by atoms with Gasteiger partial charge in [-0.2, -0.15) is 26.3 Å². The van der Waals surface area contributed by atoms with Gasteiger partial charge in [0.05, 0.1) is 18.2 Å². The normalized spacial score (nSPS) is 23.8. The summed E-state index contributed by atoms with van der Waals surface area (Å²) in [6.07, 6.45) is -4.40. The van der Waals surface area contributed by atoms with Gasteiger partial charge in [-0.25, -0.2) is 0 Å². The van der Waals surface area contributed by atoms with E-state index in [9.17, 15) is 21.6 Å². The molecule has 1 aromatic rings. The van der Waals surface area contributed by atoms with Crippen molar-refractivity contribution in [3.63, 3.8) is 0 Å². The summed E-state index contributed by atoms with van der Waals surface area (Å²) in [4.78, 5) is 0. The van der Waals surface area contributed by atoms with Crippen molar-refractivity contribution >= 4 is 10.3 Å². The predicted molar refractivity (Wildman–Crippen MR) is 52.2 cm³/mol. The molecule has 0 unspecified atom stereocenters. The molecule has 1 atom stereocenters. The van der Waals surface area contributed by atoms with Crippen LogP contribution in [0, 0.1) is 0 Å². The molecule has 94 valence electrons. The van der Waals surface area contributed by atoms with E-state index in [4.69, 9.17) is 0 Å². The van der Waals surface area contributed by atoms with Gasteiger partial charge in [0.1, 0.15) is 0 Å². The monoisotopic (exact) mass is 267 g/mol. The van der Waals surface area contributed by atoms with Crippen molar-refractivity contribution in [2.45, 2.75) is 12.2 Å². The predicted octanol–water partition coefficient (Wildman–Crippen LogP) is 1.61. The summed E-state index contributed by atoms with van der Waals surface area (Å²) in [5.41, 5.74) is -0.345. The number of alkyl halides is 3. The lowest BCUT2D eigenvalue weighted by molar-refractivity contribution is -0.137. The minimum absolute atomic E-state index is 0.117. The Labute approximate surface area is 95.7 Å². The van der Waals surface area contributed by atoms with Crippen LogP contribution in [0.1, 0.15) is 17.2 Å². The minimum Gasteiger partial charge on any atom is -0.256 e. The molecule has 0 saturated carbocycles. The topological polar surface area (TPSA) is 55.4 Å². The quantitative estimate of drug-likeness (QED) is 0.841. The van der Waals surface area contributed by atoms with E-state index in [1.165, 1.54) is 12.1 Å². The highest BCUT2D eigenvalue weighted by Gasteiger charge is 2.32. The molecule has 8 heteroatoms. The van der Waals surface area contributed by atoms with Gasteiger partial charge in [-0.1, -0.05) is 12.1 Å². The van der Waals surface area contributed by atoms with Crippen LogP contribution in [-0.2, 0) is 20.7 Å². The van der Waals surface area contributed by atoms with E-state index in [0.29, 0.717) is 5.56 Å². The van der Waals surface area contributed by atoms with Gasteiger partial charge in [0.2, 0.25) is 0 Å². The van der Waals surface area contributed by atoms with E-state index in [1.807, 2.05) is 0 Å². The Morgan fingerprint density at radius 2 is 1.82 bits per heavy atom. The zero-order valence-corrected chi connectivity index (χ0v) is 9.18. The average molecular weight is 267 g/mol. The third-order valence-electron chi connectivity index (χ3n) is 2.32. The van der Waals surface area contributed by atoms with Gasteiger partial charge >= 0.3 is 16.5 Å². The zero-order valence-electron chi connectivity index (χ0n) is 8.36. The van der Waals surface area contributed by atoms with Crippen LogP contribution in [0.4, 0.5) is 13.2 Å². The van der Waals surface area contributed by atoms with Crippen LogP contribution in [0.5, 0.6) is 0 Å². The van der Waals surface area contributed by atoms with E-state index >= 15 is 0 Å². The number of nitrogens with one attached hydrogen (secondary N) is 1. The summed E-state index contributed by atoms with van der Waals surface area (Å²) in [5.74, 6) is 0.